The van der Waals surface area contributed by atoms with E-state index in [1.807, 2.05) is 16.8 Å². The second-order valence-corrected chi connectivity index (χ2v) is 4.02. The maximum atomic E-state index is 12.9. The molecule has 0 aliphatic heterocycles. The van der Waals surface area contributed by atoms with Crippen molar-refractivity contribution in [3.05, 3.63) is 52.0 Å². The van der Waals surface area contributed by atoms with Crippen LogP contribution in [0.3, 0.4) is 0 Å². The first-order valence-electron chi connectivity index (χ1n) is 4.56. The first kappa shape index (κ1) is 11.0. The molecule has 1 heterocycles. The lowest BCUT2D eigenvalue weighted by Gasteiger charge is -2.05. The van der Waals surface area contributed by atoms with Crippen LogP contribution in [-0.4, -0.2) is 0 Å². The van der Waals surface area contributed by atoms with Crippen molar-refractivity contribution in [2.75, 3.05) is 5.32 Å². The average molecular weight is 243 g/mol. The number of thiophene rings is 1. The van der Waals surface area contributed by atoms with Crippen molar-refractivity contribution in [2.45, 2.75) is 6.54 Å². The zero-order valence-electron chi connectivity index (χ0n) is 8.14. The summed E-state index contributed by atoms with van der Waals surface area (Å²) in [6, 6.07) is 3.82. The number of halogens is 3. The minimum absolute atomic E-state index is 0.255. The normalized spacial score (nSPS) is 10.4. The van der Waals surface area contributed by atoms with Gasteiger partial charge in [-0.15, -0.1) is 0 Å². The molecule has 1 nitrogen and oxygen atoms in total. The fourth-order valence-electron chi connectivity index (χ4n) is 1.28. The summed E-state index contributed by atoms with van der Waals surface area (Å²) < 4.78 is 38.4. The van der Waals surface area contributed by atoms with Gasteiger partial charge in [0.25, 0.3) is 0 Å². The number of rotatable bonds is 3. The van der Waals surface area contributed by atoms with Gasteiger partial charge in [0.15, 0.2) is 17.5 Å². The summed E-state index contributed by atoms with van der Waals surface area (Å²) in [5.41, 5.74) is 1.23. The van der Waals surface area contributed by atoms with E-state index in [4.69, 9.17) is 0 Å². The van der Waals surface area contributed by atoms with E-state index >= 15 is 0 Å². The predicted octanol–water partition coefficient (Wildman–Crippen LogP) is 3.78. The summed E-state index contributed by atoms with van der Waals surface area (Å²) in [5.74, 6) is -3.76. The molecule has 5 heteroatoms. The Morgan fingerprint density at radius 1 is 1.12 bits per heavy atom. The minimum atomic E-state index is -1.43. The summed E-state index contributed by atoms with van der Waals surface area (Å²) in [7, 11) is 0. The van der Waals surface area contributed by atoms with E-state index in [0.717, 1.165) is 17.8 Å². The van der Waals surface area contributed by atoms with Crippen molar-refractivity contribution in [1.29, 1.82) is 0 Å². The Balaban J connectivity index is 2.10. The molecular formula is C11H8F3NS. The molecule has 1 aromatic carbocycles. The third-order valence-corrected chi connectivity index (χ3v) is 2.74. The summed E-state index contributed by atoms with van der Waals surface area (Å²) in [6.07, 6.45) is 0. The van der Waals surface area contributed by atoms with Crippen LogP contribution in [0.1, 0.15) is 5.56 Å². The zero-order valence-corrected chi connectivity index (χ0v) is 8.95. The standard InChI is InChI=1S/C11H8F3NS/c12-9-3-7(4-10(13)11(9)14)5-15-8-1-2-16-6-8/h1-4,6,15H,5H2. The lowest BCUT2D eigenvalue weighted by Crippen LogP contribution is -2.01. The molecule has 0 saturated carbocycles. The van der Waals surface area contributed by atoms with E-state index in [1.165, 1.54) is 11.3 Å². The van der Waals surface area contributed by atoms with Crippen LogP contribution in [0.4, 0.5) is 18.9 Å². The zero-order chi connectivity index (χ0) is 11.5. The molecule has 0 bridgehead atoms. The summed E-state index contributed by atoms with van der Waals surface area (Å²) in [5, 5.41) is 6.72. The predicted molar refractivity (Wildman–Crippen MR) is 58.0 cm³/mol. The van der Waals surface area contributed by atoms with Crippen LogP contribution in [0.25, 0.3) is 0 Å². The highest BCUT2D eigenvalue weighted by Gasteiger charge is 2.10. The van der Waals surface area contributed by atoms with Crippen LogP contribution in [0.15, 0.2) is 29.0 Å². The van der Waals surface area contributed by atoms with Crippen molar-refractivity contribution in [2.24, 2.45) is 0 Å². The SMILES string of the molecule is Fc1cc(CNc2ccsc2)cc(F)c1F. The number of hydrogen-bond donors (Lipinski definition) is 1. The highest BCUT2D eigenvalue weighted by Crippen LogP contribution is 2.16. The van der Waals surface area contributed by atoms with Gasteiger partial charge in [-0.05, 0) is 29.1 Å². The van der Waals surface area contributed by atoms with Gasteiger partial charge in [0.1, 0.15) is 0 Å². The molecule has 0 radical (unpaired) electrons. The van der Waals surface area contributed by atoms with Crippen molar-refractivity contribution in [3.8, 4) is 0 Å². The van der Waals surface area contributed by atoms with Crippen LogP contribution >= 0.6 is 11.3 Å². The van der Waals surface area contributed by atoms with E-state index in [9.17, 15) is 13.2 Å². The summed E-state index contributed by atoms with van der Waals surface area (Å²) in [4.78, 5) is 0. The fourth-order valence-corrected chi connectivity index (χ4v) is 1.89. The monoisotopic (exact) mass is 243 g/mol. The van der Waals surface area contributed by atoms with Gasteiger partial charge in [0.2, 0.25) is 0 Å². The molecule has 0 fully saturated rings. The lowest BCUT2D eigenvalue weighted by molar-refractivity contribution is 0.445. The fraction of sp³-hybridized carbons (Fsp3) is 0.0909. The molecule has 1 aromatic heterocycles. The molecule has 1 N–H and O–H groups in total. The smallest absolute Gasteiger partial charge is 0.194 e. The highest BCUT2D eigenvalue weighted by atomic mass is 32.1. The first-order chi connectivity index (χ1) is 7.66. The topological polar surface area (TPSA) is 12.0 Å². The van der Waals surface area contributed by atoms with Gasteiger partial charge in [-0.1, -0.05) is 0 Å². The molecule has 0 aliphatic rings. The first-order valence-corrected chi connectivity index (χ1v) is 5.50. The lowest BCUT2D eigenvalue weighted by atomic mass is 10.2. The van der Waals surface area contributed by atoms with Gasteiger partial charge in [-0.2, -0.15) is 11.3 Å². The molecule has 84 valence electrons. The molecule has 0 unspecified atom stereocenters. The Morgan fingerprint density at radius 3 is 2.38 bits per heavy atom. The van der Waals surface area contributed by atoms with Crippen LogP contribution in [0.2, 0.25) is 0 Å². The maximum Gasteiger partial charge on any atom is 0.194 e. The van der Waals surface area contributed by atoms with E-state index in [1.54, 1.807) is 0 Å². The van der Waals surface area contributed by atoms with Crippen molar-refractivity contribution < 1.29 is 13.2 Å². The van der Waals surface area contributed by atoms with E-state index in [2.05, 4.69) is 5.32 Å². The van der Waals surface area contributed by atoms with Crippen LogP contribution in [0.5, 0.6) is 0 Å². The second kappa shape index (κ2) is 4.57. The van der Waals surface area contributed by atoms with Crippen molar-refractivity contribution >= 4 is 17.0 Å². The quantitative estimate of drug-likeness (QED) is 0.809. The van der Waals surface area contributed by atoms with Crippen molar-refractivity contribution in [1.82, 2.24) is 0 Å². The molecule has 0 amide bonds. The Morgan fingerprint density at radius 2 is 1.81 bits per heavy atom. The van der Waals surface area contributed by atoms with E-state index < -0.39 is 17.5 Å². The summed E-state index contributed by atoms with van der Waals surface area (Å²) in [6.45, 7) is 0.255. The van der Waals surface area contributed by atoms with Gasteiger partial charge in [-0.3, -0.25) is 0 Å². The maximum absolute atomic E-state index is 12.9. The number of hydrogen-bond acceptors (Lipinski definition) is 2. The largest absolute Gasteiger partial charge is 0.380 e. The Labute approximate surface area is 94.5 Å². The van der Waals surface area contributed by atoms with Gasteiger partial charge >= 0.3 is 0 Å². The van der Waals surface area contributed by atoms with Gasteiger partial charge in [0, 0.05) is 17.6 Å². The van der Waals surface area contributed by atoms with Gasteiger partial charge in [0.05, 0.1) is 0 Å². The van der Waals surface area contributed by atoms with E-state index in [-0.39, 0.29) is 6.54 Å². The minimum Gasteiger partial charge on any atom is -0.380 e. The van der Waals surface area contributed by atoms with Crippen LogP contribution in [0, 0.1) is 17.5 Å². The molecule has 2 rings (SSSR count). The molecular weight excluding hydrogens is 235 g/mol. The summed E-state index contributed by atoms with van der Waals surface area (Å²) >= 11 is 1.51. The number of benzene rings is 1. The molecule has 2 aromatic rings. The highest BCUT2D eigenvalue weighted by molar-refractivity contribution is 7.08. The Bertz CT molecular complexity index is 459. The van der Waals surface area contributed by atoms with Gasteiger partial charge in [-0.25, -0.2) is 13.2 Å². The van der Waals surface area contributed by atoms with Crippen molar-refractivity contribution in [3.63, 3.8) is 0 Å². The Hall–Kier alpha value is -1.49. The molecule has 16 heavy (non-hydrogen) atoms. The van der Waals surface area contributed by atoms with Crippen LogP contribution < -0.4 is 5.32 Å². The molecule has 0 atom stereocenters. The molecule has 0 spiro atoms. The molecule has 0 aliphatic carbocycles. The number of anilines is 1. The third kappa shape index (κ3) is 2.36. The van der Waals surface area contributed by atoms with Crippen LogP contribution in [-0.2, 0) is 6.54 Å². The molecule has 0 saturated heterocycles. The van der Waals surface area contributed by atoms with Gasteiger partial charge < -0.3 is 5.32 Å². The second-order valence-electron chi connectivity index (χ2n) is 3.24. The van der Waals surface area contributed by atoms with E-state index in [0.29, 0.717) is 5.56 Å². The third-order valence-electron chi connectivity index (χ3n) is 2.06. The average Bonchev–Trinajstić information content (AvgIpc) is 2.75. The Kier molecular flexibility index (Phi) is 3.14. The number of nitrogens with one attached hydrogen (secondary N) is 1.